The molecule has 0 saturated heterocycles. The maximum absolute atomic E-state index is 12.7. The van der Waals surface area contributed by atoms with E-state index in [2.05, 4.69) is 15.0 Å². The highest BCUT2D eigenvalue weighted by atomic mass is 16.5. The number of carbonyl (C=O) groups is 1. The van der Waals surface area contributed by atoms with E-state index in [0.29, 0.717) is 18.0 Å². The van der Waals surface area contributed by atoms with Crippen molar-refractivity contribution in [2.45, 2.75) is 6.92 Å². The van der Waals surface area contributed by atoms with Crippen LogP contribution in [0.1, 0.15) is 17.4 Å². The first kappa shape index (κ1) is 20.0. The van der Waals surface area contributed by atoms with Gasteiger partial charge in [-0.2, -0.15) is 0 Å². The molecule has 0 spiro atoms. The molecular formula is C21H19N5O5. The first-order valence-corrected chi connectivity index (χ1v) is 9.36. The lowest BCUT2D eigenvalue weighted by Crippen LogP contribution is -2.15. The van der Waals surface area contributed by atoms with Gasteiger partial charge in [-0.05, 0) is 43.3 Å². The lowest BCUT2D eigenvalue weighted by Gasteiger charge is -2.10. The Hall–Kier alpha value is -4.34. The Balaban J connectivity index is 1.99. The summed E-state index contributed by atoms with van der Waals surface area (Å²) >= 11 is 0. The van der Waals surface area contributed by atoms with E-state index in [9.17, 15) is 14.7 Å². The Kier molecular flexibility index (Phi) is 5.04. The number of rotatable bonds is 6. The summed E-state index contributed by atoms with van der Waals surface area (Å²) in [6, 6.07) is 11.6. The predicted molar refractivity (Wildman–Crippen MR) is 113 cm³/mol. The van der Waals surface area contributed by atoms with Gasteiger partial charge >= 0.3 is 5.69 Å². The van der Waals surface area contributed by atoms with Gasteiger partial charge in [0.15, 0.2) is 28.7 Å². The summed E-state index contributed by atoms with van der Waals surface area (Å²) in [4.78, 5) is 36.0. The first-order valence-electron chi connectivity index (χ1n) is 9.36. The highest BCUT2D eigenvalue weighted by molar-refractivity contribution is 6.02. The molecule has 2 aromatic carbocycles. The number of imidazole rings is 1. The molecule has 0 fully saturated rings. The average molecular weight is 421 g/mol. The number of ether oxygens (including phenoxy) is 2. The van der Waals surface area contributed by atoms with Crippen LogP contribution in [0, 0.1) is 0 Å². The summed E-state index contributed by atoms with van der Waals surface area (Å²) in [5.74, 6) is -0.189. The minimum absolute atomic E-state index is 0.0105. The number of aromatic amines is 1. The topological polar surface area (TPSA) is 145 Å². The quantitative estimate of drug-likeness (QED) is 0.431. The standard InChI is InChI=1S/C21H19N5O5/c1-3-31-12-9-7-11(8-10-12)26-20-16(24-21(26)29)15(18(22)28)23-19(25-20)13-5-4-6-14(30-2)17(13)27/h4-10,27H,3H2,1-2H3,(H2,22,28)(H,24,29). The van der Waals surface area contributed by atoms with E-state index < -0.39 is 11.6 Å². The van der Waals surface area contributed by atoms with Gasteiger partial charge in [0.05, 0.1) is 25.0 Å². The van der Waals surface area contributed by atoms with Gasteiger partial charge in [-0.15, -0.1) is 0 Å². The molecule has 2 aromatic heterocycles. The van der Waals surface area contributed by atoms with Gasteiger partial charge in [0.1, 0.15) is 11.3 Å². The number of phenolic OH excluding ortho intramolecular Hbond substituents is 1. The van der Waals surface area contributed by atoms with Crippen molar-refractivity contribution in [1.29, 1.82) is 0 Å². The third-order valence-corrected chi connectivity index (χ3v) is 4.64. The van der Waals surface area contributed by atoms with E-state index in [1.54, 1.807) is 42.5 Å². The molecule has 4 rings (SSSR count). The number of nitrogens with zero attached hydrogens (tertiary/aromatic N) is 3. The van der Waals surface area contributed by atoms with Crippen molar-refractivity contribution in [3.05, 3.63) is 58.6 Å². The number of nitrogens with two attached hydrogens (primary N) is 1. The summed E-state index contributed by atoms with van der Waals surface area (Å²) < 4.78 is 11.9. The van der Waals surface area contributed by atoms with E-state index in [4.69, 9.17) is 15.2 Å². The minimum atomic E-state index is -0.851. The van der Waals surface area contributed by atoms with Gasteiger partial charge in [-0.1, -0.05) is 6.07 Å². The Labute approximate surface area is 175 Å². The molecule has 2 heterocycles. The number of hydrogen-bond acceptors (Lipinski definition) is 7. The normalized spacial score (nSPS) is 10.9. The zero-order valence-electron chi connectivity index (χ0n) is 16.7. The summed E-state index contributed by atoms with van der Waals surface area (Å²) in [6.07, 6.45) is 0. The van der Waals surface area contributed by atoms with Crippen LogP contribution in [0.2, 0.25) is 0 Å². The number of nitrogens with one attached hydrogen (secondary N) is 1. The number of amides is 1. The van der Waals surface area contributed by atoms with E-state index in [1.807, 2.05) is 6.92 Å². The van der Waals surface area contributed by atoms with Gasteiger partial charge in [-0.25, -0.2) is 19.3 Å². The maximum atomic E-state index is 12.7. The van der Waals surface area contributed by atoms with Crippen LogP contribution in [0.5, 0.6) is 17.2 Å². The molecule has 10 heteroatoms. The molecule has 0 bridgehead atoms. The molecule has 31 heavy (non-hydrogen) atoms. The molecule has 0 aliphatic carbocycles. The maximum Gasteiger partial charge on any atom is 0.332 e. The average Bonchev–Trinajstić information content (AvgIpc) is 3.09. The second-order valence-electron chi connectivity index (χ2n) is 6.51. The highest BCUT2D eigenvalue weighted by Gasteiger charge is 2.22. The fourth-order valence-corrected chi connectivity index (χ4v) is 3.25. The van der Waals surface area contributed by atoms with Crippen molar-refractivity contribution in [2.24, 2.45) is 5.73 Å². The number of phenols is 1. The van der Waals surface area contributed by atoms with Crippen molar-refractivity contribution < 1.29 is 19.4 Å². The largest absolute Gasteiger partial charge is 0.504 e. The summed E-state index contributed by atoms with van der Waals surface area (Å²) in [7, 11) is 1.41. The summed E-state index contributed by atoms with van der Waals surface area (Å²) in [5, 5.41) is 10.5. The van der Waals surface area contributed by atoms with E-state index in [0.717, 1.165) is 0 Å². The number of H-pyrrole nitrogens is 1. The number of benzene rings is 2. The summed E-state index contributed by atoms with van der Waals surface area (Å²) in [5.41, 5.74) is 5.75. The zero-order valence-corrected chi connectivity index (χ0v) is 16.7. The number of fused-ring (bicyclic) bond motifs is 1. The Bertz CT molecular complexity index is 1340. The fraction of sp³-hybridized carbons (Fsp3) is 0.143. The monoisotopic (exact) mass is 421 g/mol. The molecule has 0 unspecified atom stereocenters. The molecule has 0 atom stereocenters. The molecule has 0 aliphatic rings. The fourth-order valence-electron chi connectivity index (χ4n) is 3.25. The SMILES string of the molecule is CCOc1ccc(-n2c(=O)[nH]c3c(C(N)=O)nc(-c4cccc(OC)c4O)nc32)cc1. The Morgan fingerprint density at radius 2 is 1.94 bits per heavy atom. The van der Waals surface area contributed by atoms with E-state index >= 15 is 0 Å². The lowest BCUT2D eigenvalue weighted by molar-refractivity contribution is 0.0997. The molecule has 10 nitrogen and oxygen atoms in total. The van der Waals surface area contributed by atoms with Crippen LogP contribution in [0.15, 0.2) is 47.3 Å². The van der Waals surface area contributed by atoms with Crippen molar-refractivity contribution in [1.82, 2.24) is 19.5 Å². The van der Waals surface area contributed by atoms with Crippen LogP contribution < -0.4 is 20.9 Å². The van der Waals surface area contributed by atoms with Crippen LogP contribution in [0.3, 0.4) is 0 Å². The molecule has 0 aliphatic heterocycles. The van der Waals surface area contributed by atoms with E-state index in [1.165, 1.54) is 11.7 Å². The number of aromatic nitrogens is 4. The predicted octanol–water partition coefficient (Wildman–Crippen LogP) is 1.99. The van der Waals surface area contributed by atoms with Crippen LogP contribution in [0.25, 0.3) is 28.2 Å². The Morgan fingerprint density at radius 1 is 1.19 bits per heavy atom. The molecule has 0 saturated carbocycles. The number of carbonyl (C=O) groups excluding carboxylic acids is 1. The van der Waals surface area contributed by atoms with Crippen LogP contribution in [-0.4, -0.2) is 44.2 Å². The Morgan fingerprint density at radius 3 is 2.58 bits per heavy atom. The molecule has 1 amide bonds. The van der Waals surface area contributed by atoms with Crippen LogP contribution in [-0.2, 0) is 0 Å². The minimum Gasteiger partial charge on any atom is -0.504 e. The smallest absolute Gasteiger partial charge is 0.332 e. The number of hydrogen-bond donors (Lipinski definition) is 3. The van der Waals surface area contributed by atoms with Crippen LogP contribution in [0.4, 0.5) is 0 Å². The van der Waals surface area contributed by atoms with Gasteiger partial charge in [0.25, 0.3) is 5.91 Å². The highest BCUT2D eigenvalue weighted by Crippen LogP contribution is 2.36. The summed E-state index contributed by atoms with van der Waals surface area (Å²) in [6.45, 7) is 2.38. The third kappa shape index (κ3) is 3.44. The number of para-hydroxylation sites is 1. The lowest BCUT2D eigenvalue weighted by atomic mass is 10.1. The van der Waals surface area contributed by atoms with Crippen molar-refractivity contribution in [3.63, 3.8) is 0 Å². The van der Waals surface area contributed by atoms with Crippen LogP contribution >= 0.6 is 0 Å². The van der Waals surface area contributed by atoms with E-state index in [-0.39, 0.29) is 39.7 Å². The van der Waals surface area contributed by atoms with Crippen molar-refractivity contribution >= 4 is 17.1 Å². The second-order valence-corrected chi connectivity index (χ2v) is 6.51. The number of methoxy groups -OCH3 is 1. The van der Waals surface area contributed by atoms with Crippen molar-refractivity contribution in [3.8, 4) is 34.3 Å². The third-order valence-electron chi connectivity index (χ3n) is 4.64. The zero-order chi connectivity index (χ0) is 22.1. The molecule has 4 aromatic rings. The second kappa shape index (κ2) is 7.82. The van der Waals surface area contributed by atoms with Gasteiger partial charge < -0.3 is 25.3 Å². The first-order chi connectivity index (χ1) is 14.9. The molecular weight excluding hydrogens is 402 g/mol. The number of aromatic hydroxyl groups is 1. The van der Waals surface area contributed by atoms with Crippen molar-refractivity contribution in [2.75, 3.05) is 13.7 Å². The molecule has 0 radical (unpaired) electrons. The van der Waals surface area contributed by atoms with Gasteiger partial charge in [0, 0.05) is 0 Å². The molecule has 158 valence electrons. The molecule has 4 N–H and O–H groups in total. The van der Waals surface area contributed by atoms with Gasteiger partial charge in [-0.3, -0.25) is 4.79 Å². The number of primary amides is 1. The van der Waals surface area contributed by atoms with Gasteiger partial charge in [0.2, 0.25) is 0 Å².